The molecule has 0 radical (unpaired) electrons. The number of carbonyl (C=O) groups is 2. The van der Waals surface area contributed by atoms with Crippen LogP contribution in [-0.2, 0) is 0 Å². The monoisotopic (exact) mass is 367 g/mol. The van der Waals surface area contributed by atoms with Crippen molar-refractivity contribution in [2.75, 3.05) is 0 Å². The maximum Gasteiger partial charge on any atom is 0.251 e. The van der Waals surface area contributed by atoms with Crippen LogP contribution in [0.1, 0.15) is 40.0 Å². The summed E-state index contributed by atoms with van der Waals surface area (Å²) in [5.74, 6) is -0.436. The molecule has 5 nitrogen and oxygen atoms in total. The Kier molecular flexibility index (Phi) is 4.70. The van der Waals surface area contributed by atoms with Gasteiger partial charge in [-0.25, -0.2) is 0 Å². The van der Waals surface area contributed by atoms with Crippen molar-refractivity contribution < 1.29 is 9.59 Å². The fourth-order valence-electron chi connectivity index (χ4n) is 3.73. The lowest BCUT2D eigenvalue weighted by atomic mass is 9.95. The minimum absolute atomic E-state index is 0.00767. The van der Waals surface area contributed by atoms with Gasteiger partial charge in [0.1, 0.15) is 0 Å². The number of nitrogens with two attached hydrogens (primary N) is 1. The fourth-order valence-corrected chi connectivity index (χ4v) is 4.55. The summed E-state index contributed by atoms with van der Waals surface area (Å²) >= 11 is 1.58. The summed E-state index contributed by atoms with van der Waals surface area (Å²) in [6.45, 7) is 0. The molecule has 2 aliphatic rings. The number of amides is 2. The number of fused-ring (bicyclic) bond motifs is 2. The number of primary amides is 1. The van der Waals surface area contributed by atoms with Gasteiger partial charge in [-0.3, -0.25) is 9.59 Å². The Morgan fingerprint density at radius 1 is 0.962 bits per heavy atom. The van der Waals surface area contributed by atoms with E-state index in [0.717, 1.165) is 22.6 Å². The van der Waals surface area contributed by atoms with E-state index in [1.165, 1.54) is 6.42 Å². The molecule has 4 N–H and O–H groups in total. The van der Waals surface area contributed by atoms with E-state index in [9.17, 15) is 9.59 Å². The molecule has 2 aromatic rings. The molecule has 0 aliphatic carbocycles. The molecule has 26 heavy (non-hydrogen) atoms. The van der Waals surface area contributed by atoms with E-state index < -0.39 is 5.91 Å². The quantitative estimate of drug-likeness (QED) is 0.758. The zero-order valence-electron chi connectivity index (χ0n) is 14.3. The molecule has 134 valence electrons. The van der Waals surface area contributed by atoms with Crippen molar-refractivity contribution in [1.29, 1.82) is 0 Å². The van der Waals surface area contributed by atoms with Gasteiger partial charge in [0.15, 0.2) is 0 Å². The highest BCUT2D eigenvalue weighted by Gasteiger charge is 2.39. The lowest BCUT2D eigenvalue weighted by Gasteiger charge is -2.21. The Labute approximate surface area is 156 Å². The van der Waals surface area contributed by atoms with Crippen LogP contribution in [0, 0.1) is 0 Å². The van der Waals surface area contributed by atoms with Crippen molar-refractivity contribution in [1.82, 2.24) is 10.6 Å². The topological polar surface area (TPSA) is 84.2 Å². The van der Waals surface area contributed by atoms with E-state index in [0.29, 0.717) is 23.2 Å². The molecule has 0 aromatic heterocycles. The number of carbonyl (C=O) groups excluding carboxylic acids is 2. The highest BCUT2D eigenvalue weighted by Crippen LogP contribution is 2.29. The normalized spacial score (nSPS) is 23.8. The summed E-state index contributed by atoms with van der Waals surface area (Å²) in [4.78, 5) is 25.6. The second kappa shape index (κ2) is 7.13. The zero-order chi connectivity index (χ0) is 18.1. The third-order valence-corrected chi connectivity index (χ3v) is 6.12. The molecule has 3 atom stereocenters. The SMILES string of the molecule is NC(=O)c1ccc(Sc2ccc(C(=O)N[C@@H]3C[C@H]4CC[C@@H]3N4)cc2)cc1. The highest BCUT2D eigenvalue weighted by atomic mass is 32.2. The fraction of sp³-hybridized carbons (Fsp3) is 0.300. The van der Waals surface area contributed by atoms with Crippen molar-refractivity contribution in [3.05, 3.63) is 59.7 Å². The Bertz CT molecular complexity index is 820. The van der Waals surface area contributed by atoms with E-state index in [1.54, 1.807) is 23.9 Å². The Morgan fingerprint density at radius 3 is 2.08 bits per heavy atom. The third kappa shape index (κ3) is 3.61. The molecule has 0 saturated carbocycles. The molecule has 4 rings (SSSR count). The first-order valence-electron chi connectivity index (χ1n) is 8.83. The lowest BCUT2D eigenvalue weighted by Crippen LogP contribution is -2.42. The van der Waals surface area contributed by atoms with Gasteiger partial charge in [-0.05, 0) is 67.8 Å². The van der Waals surface area contributed by atoms with E-state index >= 15 is 0 Å². The van der Waals surface area contributed by atoms with Crippen molar-refractivity contribution in [3.8, 4) is 0 Å². The Hall–Kier alpha value is -2.31. The van der Waals surface area contributed by atoms with E-state index in [2.05, 4.69) is 10.6 Å². The largest absolute Gasteiger partial charge is 0.366 e. The molecule has 2 aliphatic heterocycles. The molecule has 2 fully saturated rings. The first kappa shape index (κ1) is 17.1. The van der Waals surface area contributed by atoms with Gasteiger partial charge >= 0.3 is 0 Å². The Morgan fingerprint density at radius 2 is 1.58 bits per heavy atom. The lowest BCUT2D eigenvalue weighted by molar-refractivity contribution is 0.0930. The van der Waals surface area contributed by atoms with Crippen LogP contribution in [0.3, 0.4) is 0 Å². The van der Waals surface area contributed by atoms with Crippen LogP contribution in [-0.4, -0.2) is 29.9 Å². The van der Waals surface area contributed by atoms with Gasteiger partial charge in [-0.2, -0.15) is 0 Å². The molecular weight excluding hydrogens is 346 g/mol. The minimum atomic E-state index is -0.428. The number of rotatable bonds is 5. The number of nitrogens with one attached hydrogen (secondary N) is 2. The summed E-state index contributed by atoms with van der Waals surface area (Å²) < 4.78 is 0. The van der Waals surface area contributed by atoms with Crippen molar-refractivity contribution in [2.24, 2.45) is 5.73 Å². The molecule has 2 heterocycles. The zero-order valence-corrected chi connectivity index (χ0v) is 15.1. The van der Waals surface area contributed by atoms with Gasteiger partial charge in [-0.1, -0.05) is 11.8 Å². The standard InChI is InChI=1S/C20H21N3O2S/c21-19(24)12-1-6-15(7-2-12)26-16-8-3-13(4-9-16)20(25)23-18-11-14-5-10-17(18)22-14/h1-4,6-9,14,17-18,22H,5,10-11H2,(H2,21,24)(H,23,25)/t14-,17+,18-/m1/s1. The van der Waals surface area contributed by atoms with E-state index in [1.807, 2.05) is 36.4 Å². The average molecular weight is 367 g/mol. The van der Waals surface area contributed by atoms with E-state index in [4.69, 9.17) is 5.73 Å². The van der Waals surface area contributed by atoms with Gasteiger partial charge in [0, 0.05) is 39.0 Å². The number of hydrogen-bond acceptors (Lipinski definition) is 4. The van der Waals surface area contributed by atoms with Crippen LogP contribution in [0.25, 0.3) is 0 Å². The summed E-state index contributed by atoms with van der Waals surface area (Å²) in [7, 11) is 0. The van der Waals surface area contributed by atoms with Crippen molar-refractivity contribution in [3.63, 3.8) is 0 Å². The van der Waals surface area contributed by atoms with Crippen LogP contribution < -0.4 is 16.4 Å². The summed E-state index contributed by atoms with van der Waals surface area (Å²) in [6.07, 6.45) is 3.41. The van der Waals surface area contributed by atoms with Crippen molar-refractivity contribution in [2.45, 2.75) is 47.2 Å². The highest BCUT2D eigenvalue weighted by molar-refractivity contribution is 7.99. The second-order valence-corrected chi connectivity index (χ2v) is 8.03. The van der Waals surface area contributed by atoms with Gasteiger partial charge in [0.05, 0.1) is 0 Å². The number of benzene rings is 2. The maximum absolute atomic E-state index is 12.5. The molecule has 6 heteroatoms. The second-order valence-electron chi connectivity index (χ2n) is 6.88. The molecule has 2 aromatic carbocycles. The molecule has 0 unspecified atom stereocenters. The molecule has 2 saturated heterocycles. The summed E-state index contributed by atoms with van der Waals surface area (Å²) in [5.41, 5.74) is 6.43. The van der Waals surface area contributed by atoms with E-state index in [-0.39, 0.29) is 11.9 Å². The van der Waals surface area contributed by atoms with Gasteiger partial charge < -0.3 is 16.4 Å². The molecule has 2 bridgehead atoms. The third-order valence-electron chi connectivity index (χ3n) is 5.11. The van der Waals surface area contributed by atoms with Crippen LogP contribution in [0.5, 0.6) is 0 Å². The van der Waals surface area contributed by atoms with Gasteiger partial charge in [0.25, 0.3) is 5.91 Å². The first-order chi connectivity index (χ1) is 12.6. The van der Waals surface area contributed by atoms with Crippen LogP contribution in [0.4, 0.5) is 0 Å². The summed E-state index contributed by atoms with van der Waals surface area (Å²) in [6, 6.07) is 16.0. The van der Waals surface area contributed by atoms with Gasteiger partial charge in [-0.15, -0.1) is 0 Å². The molecular formula is C20H21N3O2S. The number of hydrogen-bond donors (Lipinski definition) is 3. The predicted molar refractivity (Wildman–Crippen MR) is 101 cm³/mol. The smallest absolute Gasteiger partial charge is 0.251 e. The van der Waals surface area contributed by atoms with Crippen LogP contribution in [0.15, 0.2) is 58.3 Å². The van der Waals surface area contributed by atoms with Crippen LogP contribution >= 0.6 is 11.8 Å². The molecule has 0 spiro atoms. The van der Waals surface area contributed by atoms with Crippen LogP contribution in [0.2, 0.25) is 0 Å². The average Bonchev–Trinajstić information content (AvgIpc) is 3.26. The maximum atomic E-state index is 12.5. The van der Waals surface area contributed by atoms with Gasteiger partial charge in [0.2, 0.25) is 5.91 Å². The predicted octanol–water partition coefficient (Wildman–Crippen LogP) is 2.56. The first-order valence-corrected chi connectivity index (χ1v) is 9.65. The molecule has 2 amide bonds. The van der Waals surface area contributed by atoms with Crippen molar-refractivity contribution >= 4 is 23.6 Å². The Balaban J connectivity index is 1.37. The summed E-state index contributed by atoms with van der Waals surface area (Å²) in [5, 5.41) is 6.70. The minimum Gasteiger partial charge on any atom is -0.366 e.